The van der Waals surface area contributed by atoms with E-state index in [4.69, 9.17) is 5.26 Å². The van der Waals surface area contributed by atoms with E-state index >= 15 is 0 Å². The number of hydrogen-bond acceptors (Lipinski definition) is 3. The lowest BCUT2D eigenvalue weighted by Crippen LogP contribution is -2.42. The second kappa shape index (κ2) is 5.77. The normalized spacial score (nSPS) is 21.7. The van der Waals surface area contributed by atoms with E-state index in [0.29, 0.717) is 11.3 Å². The van der Waals surface area contributed by atoms with Crippen molar-refractivity contribution in [1.82, 2.24) is 5.32 Å². The molecular formula is C12H22N2S. The lowest BCUT2D eigenvalue weighted by Gasteiger charge is -2.23. The third-order valence-corrected chi connectivity index (χ3v) is 4.27. The summed E-state index contributed by atoms with van der Waals surface area (Å²) in [6.45, 7) is 6.49. The first-order chi connectivity index (χ1) is 7.09. The highest BCUT2D eigenvalue weighted by atomic mass is 32.2. The first-order valence-corrected chi connectivity index (χ1v) is 6.95. The molecule has 2 atom stereocenters. The molecule has 2 nitrogen and oxygen atoms in total. The Bertz CT molecular complexity index is 232. The highest BCUT2D eigenvalue weighted by molar-refractivity contribution is 7.99. The van der Waals surface area contributed by atoms with Crippen LogP contribution in [0.5, 0.6) is 0 Å². The van der Waals surface area contributed by atoms with E-state index in [1.807, 2.05) is 18.7 Å². The molecule has 2 unspecified atom stereocenters. The molecule has 0 bridgehead atoms. The van der Waals surface area contributed by atoms with Crippen molar-refractivity contribution in [2.24, 2.45) is 0 Å². The van der Waals surface area contributed by atoms with Crippen molar-refractivity contribution in [3.8, 4) is 6.07 Å². The molecule has 0 aromatic heterocycles. The maximum Gasteiger partial charge on any atom is 0.104 e. The van der Waals surface area contributed by atoms with Crippen molar-refractivity contribution < 1.29 is 0 Å². The summed E-state index contributed by atoms with van der Waals surface area (Å²) in [5.74, 6) is 1.08. The summed E-state index contributed by atoms with van der Waals surface area (Å²) in [5, 5.41) is 13.3. The zero-order chi connectivity index (χ0) is 11.3. The van der Waals surface area contributed by atoms with Gasteiger partial charge in [0.15, 0.2) is 0 Å². The summed E-state index contributed by atoms with van der Waals surface area (Å²) in [6.07, 6.45) is 4.66. The van der Waals surface area contributed by atoms with Crippen LogP contribution in [0.15, 0.2) is 0 Å². The third-order valence-electron chi connectivity index (χ3n) is 2.93. The highest BCUT2D eigenvalue weighted by Crippen LogP contribution is 2.25. The molecule has 1 N–H and O–H groups in total. The predicted molar refractivity (Wildman–Crippen MR) is 67.0 cm³/mol. The molecular weight excluding hydrogens is 204 g/mol. The maximum absolute atomic E-state index is 9.16. The molecule has 0 radical (unpaired) electrons. The first-order valence-electron chi connectivity index (χ1n) is 5.90. The molecule has 1 saturated carbocycles. The Morgan fingerprint density at radius 1 is 1.60 bits per heavy atom. The summed E-state index contributed by atoms with van der Waals surface area (Å²) >= 11 is 1.98. The Morgan fingerprint density at radius 2 is 2.27 bits per heavy atom. The first kappa shape index (κ1) is 12.9. The van der Waals surface area contributed by atoms with Crippen molar-refractivity contribution in [2.75, 3.05) is 5.75 Å². The fraction of sp³-hybridized carbons (Fsp3) is 0.917. The van der Waals surface area contributed by atoms with Crippen molar-refractivity contribution in [3.63, 3.8) is 0 Å². The summed E-state index contributed by atoms with van der Waals surface area (Å²) in [6, 6.07) is 3.03. The maximum atomic E-state index is 9.16. The van der Waals surface area contributed by atoms with E-state index in [-0.39, 0.29) is 5.54 Å². The van der Waals surface area contributed by atoms with Gasteiger partial charge in [-0.3, -0.25) is 5.32 Å². The molecule has 0 aromatic carbocycles. The van der Waals surface area contributed by atoms with Gasteiger partial charge in [-0.15, -0.1) is 0 Å². The number of thioether (sulfide) groups is 1. The summed E-state index contributed by atoms with van der Waals surface area (Å²) in [7, 11) is 0. The van der Waals surface area contributed by atoms with Crippen molar-refractivity contribution in [3.05, 3.63) is 0 Å². The Morgan fingerprint density at radius 3 is 2.73 bits per heavy atom. The fourth-order valence-corrected chi connectivity index (χ4v) is 2.58. The molecule has 1 fully saturated rings. The quantitative estimate of drug-likeness (QED) is 0.725. The molecule has 15 heavy (non-hydrogen) atoms. The van der Waals surface area contributed by atoms with Crippen LogP contribution in [-0.2, 0) is 0 Å². The number of hydrogen-bond donors (Lipinski definition) is 1. The summed E-state index contributed by atoms with van der Waals surface area (Å²) in [4.78, 5) is 0. The van der Waals surface area contributed by atoms with Crippen molar-refractivity contribution in [2.45, 2.75) is 63.3 Å². The Balaban J connectivity index is 2.23. The van der Waals surface area contributed by atoms with E-state index in [1.54, 1.807) is 0 Å². The molecule has 1 aliphatic rings. The average molecular weight is 226 g/mol. The average Bonchev–Trinajstić information content (AvgIpc) is 3.01. The van der Waals surface area contributed by atoms with Gasteiger partial charge in [0.25, 0.3) is 0 Å². The van der Waals surface area contributed by atoms with Crippen LogP contribution in [0.3, 0.4) is 0 Å². The number of rotatable bonds is 7. The molecule has 0 saturated heterocycles. The molecule has 1 aliphatic carbocycles. The van der Waals surface area contributed by atoms with Gasteiger partial charge < -0.3 is 0 Å². The van der Waals surface area contributed by atoms with Crippen LogP contribution in [-0.4, -0.2) is 22.6 Å². The number of nitrogens with zero attached hydrogens (tertiary/aromatic N) is 1. The van der Waals surface area contributed by atoms with Gasteiger partial charge in [0, 0.05) is 11.3 Å². The van der Waals surface area contributed by atoms with Crippen LogP contribution in [0.4, 0.5) is 0 Å². The Labute approximate surface area is 97.8 Å². The van der Waals surface area contributed by atoms with Gasteiger partial charge in [-0.2, -0.15) is 17.0 Å². The number of nitriles is 1. The van der Waals surface area contributed by atoms with Gasteiger partial charge in [0.2, 0.25) is 0 Å². The number of nitrogens with one attached hydrogen (secondary N) is 1. The van der Waals surface area contributed by atoms with Crippen LogP contribution in [0, 0.1) is 11.3 Å². The van der Waals surface area contributed by atoms with Crippen LogP contribution in [0.1, 0.15) is 46.5 Å². The smallest absolute Gasteiger partial charge is 0.104 e. The minimum atomic E-state index is -0.304. The summed E-state index contributed by atoms with van der Waals surface area (Å²) in [5.41, 5.74) is -0.304. The Kier molecular flexibility index (Phi) is 4.95. The molecule has 3 heteroatoms. The van der Waals surface area contributed by atoms with Crippen molar-refractivity contribution in [1.29, 1.82) is 5.26 Å². The van der Waals surface area contributed by atoms with Gasteiger partial charge in [-0.25, -0.2) is 0 Å². The molecule has 0 heterocycles. The van der Waals surface area contributed by atoms with Gasteiger partial charge in [-0.05, 0) is 38.4 Å². The zero-order valence-electron chi connectivity index (χ0n) is 10.0. The molecule has 0 spiro atoms. The second-order valence-corrected chi connectivity index (χ2v) is 6.25. The molecule has 0 amide bonds. The van der Waals surface area contributed by atoms with E-state index in [0.717, 1.165) is 12.2 Å². The molecule has 86 valence electrons. The van der Waals surface area contributed by atoms with E-state index < -0.39 is 0 Å². The zero-order valence-corrected chi connectivity index (χ0v) is 10.9. The molecule has 1 rings (SSSR count). The van der Waals surface area contributed by atoms with Crippen LogP contribution >= 0.6 is 11.8 Å². The monoisotopic (exact) mass is 226 g/mol. The topological polar surface area (TPSA) is 35.8 Å². The van der Waals surface area contributed by atoms with Crippen molar-refractivity contribution >= 4 is 11.8 Å². The lowest BCUT2D eigenvalue weighted by molar-refractivity contribution is 0.433. The van der Waals surface area contributed by atoms with Gasteiger partial charge in [-0.1, -0.05) is 13.8 Å². The lowest BCUT2D eigenvalue weighted by atomic mass is 10.0. The molecule has 0 aromatic rings. The minimum absolute atomic E-state index is 0.304. The third kappa shape index (κ3) is 4.90. The van der Waals surface area contributed by atoms with Crippen LogP contribution in [0.2, 0.25) is 0 Å². The predicted octanol–water partition coefficient (Wildman–Crippen LogP) is 2.94. The van der Waals surface area contributed by atoms with Gasteiger partial charge >= 0.3 is 0 Å². The fourth-order valence-electron chi connectivity index (χ4n) is 1.42. The van der Waals surface area contributed by atoms with Crippen LogP contribution < -0.4 is 5.32 Å². The molecule has 0 aliphatic heterocycles. The van der Waals surface area contributed by atoms with E-state index in [1.165, 1.54) is 19.3 Å². The van der Waals surface area contributed by atoms with E-state index in [9.17, 15) is 0 Å². The summed E-state index contributed by atoms with van der Waals surface area (Å²) < 4.78 is 0. The highest BCUT2D eigenvalue weighted by Gasteiger charge is 2.32. The van der Waals surface area contributed by atoms with Gasteiger partial charge in [0.1, 0.15) is 5.54 Å². The SMILES string of the molecule is CCC(C)SCCC(C)(C#N)NC1CC1. The van der Waals surface area contributed by atoms with E-state index in [2.05, 4.69) is 25.2 Å². The Hall–Kier alpha value is -0.200. The largest absolute Gasteiger partial charge is 0.297 e. The standard InChI is InChI=1S/C12H22N2S/c1-4-10(2)15-8-7-12(3,9-13)14-11-5-6-11/h10-11,14H,4-8H2,1-3H3. The van der Waals surface area contributed by atoms with Gasteiger partial charge in [0.05, 0.1) is 6.07 Å². The van der Waals surface area contributed by atoms with Crippen LogP contribution in [0.25, 0.3) is 0 Å². The second-order valence-electron chi connectivity index (χ2n) is 4.70. The minimum Gasteiger partial charge on any atom is -0.297 e.